The molecule has 1 N–H and O–H groups in total. The standard InChI is InChI=1S/C27H31N5OS2/c1-4-29-21-15-14-19(17-28)16-22(21)30-27-32(20-10-6-5-7-11-20)26(33)25(35-27)18(2)31(3)23-12-8-9-13-24(23)34/h8-9,12-16,20,29,34H,4-7,10-11H2,1-3H3/b25-18+,30-27?. The highest BCUT2D eigenvalue weighted by Gasteiger charge is 2.40. The number of rotatable bonds is 6. The van der Waals surface area contributed by atoms with Crippen molar-refractivity contribution in [3.63, 3.8) is 0 Å². The van der Waals surface area contributed by atoms with Crippen LogP contribution in [0.25, 0.3) is 0 Å². The number of thiol groups is 1. The number of benzene rings is 2. The van der Waals surface area contributed by atoms with E-state index in [2.05, 4.69) is 24.0 Å². The summed E-state index contributed by atoms with van der Waals surface area (Å²) in [5, 5.41) is 13.4. The average Bonchev–Trinajstić information content (AvgIpc) is 3.20. The van der Waals surface area contributed by atoms with Gasteiger partial charge in [0.2, 0.25) is 0 Å². The monoisotopic (exact) mass is 505 g/mol. The molecule has 1 saturated carbocycles. The third-order valence-electron chi connectivity index (χ3n) is 6.54. The van der Waals surface area contributed by atoms with Crippen molar-refractivity contribution >= 4 is 52.5 Å². The third-order valence-corrected chi connectivity index (χ3v) is 8.06. The Labute approximate surface area is 217 Å². The molecule has 2 aromatic carbocycles. The number of para-hydroxylation sites is 1. The van der Waals surface area contributed by atoms with Gasteiger partial charge in [0.05, 0.1) is 33.6 Å². The highest BCUT2D eigenvalue weighted by Crippen LogP contribution is 2.41. The molecule has 1 aliphatic carbocycles. The van der Waals surface area contributed by atoms with Crippen LogP contribution in [-0.4, -0.2) is 35.6 Å². The van der Waals surface area contributed by atoms with Crippen LogP contribution in [0, 0.1) is 11.3 Å². The zero-order valence-corrected chi connectivity index (χ0v) is 22.1. The van der Waals surface area contributed by atoms with Crippen molar-refractivity contribution in [1.29, 1.82) is 5.26 Å². The number of allylic oxidation sites excluding steroid dienone is 1. The van der Waals surface area contributed by atoms with Gasteiger partial charge in [0.1, 0.15) is 0 Å². The number of nitrogens with zero attached hydrogens (tertiary/aromatic N) is 4. The van der Waals surface area contributed by atoms with E-state index in [0.29, 0.717) is 21.3 Å². The lowest BCUT2D eigenvalue weighted by Crippen LogP contribution is -2.40. The summed E-state index contributed by atoms with van der Waals surface area (Å²) in [7, 11) is 1.96. The summed E-state index contributed by atoms with van der Waals surface area (Å²) in [6.45, 7) is 4.74. The van der Waals surface area contributed by atoms with Gasteiger partial charge in [-0.15, -0.1) is 12.6 Å². The average molecular weight is 506 g/mol. The van der Waals surface area contributed by atoms with Crippen LogP contribution in [0.2, 0.25) is 0 Å². The fourth-order valence-corrected chi connectivity index (χ4v) is 6.00. The lowest BCUT2D eigenvalue weighted by molar-refractivity contribution is -0.124. The molecule has 1 saturated heterocycles. The topological polar surface area (TPSA) is 71.7 Å². The summed E-state index contributed by atoms with van der Waals surface area (Å²) in [4.78, 5) is 24.3. The Morgan fingerprint density at radius 2 is 2.00 bits per heavy atom. The first-order valence-corrected chi connectivity index (χ1v) is 13.3. The molecule has 2 fully saturated rings. The number of thioether (sulfide) groups is 1. The minimum absolute atomic E-state index is 0.00286. The van der Waals surface area contributed by atoms with Crippen LogP contribution >= 0.6 is 24.4 Å². The van der Waals surface area contributed by atoms with Gasteiger partial charge in [-0.1, -0.05) is 31.4 Å². The molecule has 182 valence electrons. The van der Waals surface area contributed by atoms with Gasteiger partial charge in [-0.2, -0.15) is 5.26 Å². The Balaban J connectivity index is 1.79. The lowest BCUT2D eigenvalue weighted by atomic mass is 9.94. The van der Waals surface area contributed by atoms with Crippen molar-refractivity contribution in [2.75, 3.05) is 23.8 Å². The molecule has 0 aromatic heterocycles. The maximum atomic E-state index is 13.9. The number of carbonyl (C=O) groups is 1. The third kappa shape index (κ3) is 5.36. The van der Waals surface area contributed by atoms with Crippen LogP contribution in [0.15, 0.2) is 63.0 Å². The Morgan fingerprint density at radius 3 is 2.69 bits per heavy atom. The van der Waals surface area contributed by atoms with Gasteiger partial charge in [0.25, 0.3) is 5.91 Å². The van der Waals surface area contributed by atoms with E-state index in [9.17, 15) is 10.1 Å². The van der Waals surface area contributed by atoms with Gasteiger partial charge >= 0.3 is 0 Å². The number of nitrogens with one attached hydrogen (secondary N) is 1. The largest absolute Gasteiger partial charge is 0.384 e. The van der Waals surface area contributed by atoms with E-state index in [0.717, 1.165) is 54.2 Å². The fourth-order valence-electron chi connectivity index (χ4n) is 4.56. The molecule has 6 nitrogen and oxygen atoms in total. The summed E-state index contributed by atoms with van der Waals surface area (Å²) in [6.07, 6.45) is 5.39. The van der Waals surface area contributed by atoms with Gasteiger partial charge in [-0.3, -0.25) is 9.69 Å². The molecule has 2 aliphatic rings. The Bertz CT molecular complexity index is 1210. The number of anilines is 2. The normalized spacial score (nSPS) is 19.1. The molecule has 0 atom stereocenters. The lowest BCUT2D eigenvalue weighted by Gasteiger charge is -2.30. The molecular weight excluding hydrogens is 474 g/mol. The second-order valence-corrected chi connectivity index (χ2v) is 10.3. The second kappa shape index (κ2) is 11.2. The minimum atomic E-state index is 0.00286. The molecule has 35 heavy (non-hydrogen) atoms. The number of aliphatic imine (C=N–C) groups is 1. The van der Waals surface area contributed by atoms with Gasteiger partial charge in [0, 0.05) is 30.2 Å². The van der Waals surface area contributed by atoms with Crippen LogP contribution in [0.3, 0.4) is 0 Å². The van der Waals surface area contributed by atoms with Gasteiger partial charge in [-0.05, 0) is 68.8 Å². The number of carbonyl (C=O) groups excluding carboxylic acids is 1. The summed E-state index contributed by atoms with van der Waals surface area (Å²) >= 11 is 6.03. The van der Waals surface area contributed by atoms with Crippen molar-refractivity contribution in [2.24, 2.45) is 4.99 Å². The molecular formula is C27H31N5OS2. The van der Waals surface area contributed by atoms with Crippen molar-refractivity contribution in [3.8, 4) is 6.07 Å². The summed E-state index contributed by atoms with van der Waals surface area (Å²) in [6, 6.07) is 15.7. The van der Waals surface area contributed by atoms with E-state index >= 15 is 0 Å². The minimum Gasteiger partial charge on any atom is -0.384 e. The van der Waals surface area contributed by atoms with E-state index in [1.165, 1.54) is 18.2 Å². The zero-order chi connectivity index (χ0) is 24.9. The summed E-state index contributed by atoms with van der Waals surface area (Å²) < 4.78 is 0. The fraction of sp³-hybridized carbons (Fsp3) is 0.370. The summed E-state index contributed by atoms with van der Waals surface area (Å²) in [5.74, 6) is 0.00286. The second-order valence-electron chi connectivity index (χ2n) is 8.80. The zero-order valence-electron chi connectivity index (χ0n) is 20.4. The van der Waals surface area contributed by atoms with Crippen molar-refractivity contribution < 1.29 is 4.79 Å². The first kappa shape index (κ1) is 25.2. The van der Waals surface area contributed by atoms with Crippen LogP contribution in [-0.2, 0) is 4.79 Å². The van der Waals surface area contributed by atoms with E-state index < -0.39 is 0 Å². The predicted octanol–water partition coefficient (Wildman–Crippen LogP) is 6.54. The van der Waals surface area contributed by atoms with Crippen molar-refractivity contribution in [2.45, 2.75) is 56.9 Å². The number of hydrogen-bond donors (Lipinski definition) is 2. The first-order valence-electron chi connectivity index (χ1n) is 12.0. The molecule has 1 aliphatic heterocycles. The highest BCUT2D eigenvalue weighted by molar-refractivity contribution is 8.18. The van der Waals surface area contributed by atoms with Crippen molar-refractivity contribution in [3.05, 3.63) is 58.6 Å². The molecule has 1 amide bonds. The van der Waals surface area contributed by atoms with Gasteiger partial charge < -0.3 is 10.2 Å². The Hall–Kier alpha value is -2.89. The smallest absolute Gasteiger partial charge is 0.268 e. The first-order chi connectivity index (χ1) is 16.9. The molecule has 0 unspecified atom stereocenters. The Morgan fingerprint density at radius 1 is 1.26 bits per heavy atom. The van der Waals surface area contributed by atoms with Crippen molar-refractivity contribution in [1.82, 2.24) is 4.90 Å². The molecule has 4 rings (SSSR count). The quantitative estimate of drug-likeness (QED) is 0.344. The van der Waals surface area contributed by atoms with Crippen LogP contribution in [0.5, 0.6) is 0 Å². The highest BCUT2D eigenvalue weighted by atomic mass is 32.2. The number of amidine groups is 1. The van der Waals surface area contributed by atoms with Crippen LogP contribution in [0.4, 0.5) is 17.1 Å². The molecule has 0 radical (unpaired) electrons. The number of amides is 1. The van der Waals surface area contributed by atoms with E-state index in [1.807, 2.05) is 61.0 Å². The molecule has 0 spiro atoms. The van der Waals surface area contributed by atoms with Gasteiger partial charge in [-0.25, -0.2) is 4.99 Å². The molecule has 8 heteroatoms. The summed E-state index contributed by atoms with van der Waals surface area (Å²) in [5.41, 5.74) is 3.88. The van der Waals surface area contributed by atoms with E-state index in [-0.39, 0.29) is 11.9 Å². The number of nitriles is 1. The van der Waals surface area contributed by atoms with Gasteiger partial charge in [0.15, 0.2) is 5.17 Å². The van der Waals surface area contributed by atoms with E-state index in [1.54, 1.807) is 12.1 Å². The number of hydrogen-bond acceptors (Lipinski definition) is 7. The van der Waals surface area contributed by atoms with E-state index in [4.69, 9.17) is 4.99 Å². The molecule has 0 bridgehead atoms. The maximum absolute atomic E-state index is 13.9. The predicted molar refractivity (Wildman–Crippen MR) is 149 cm³/mol. The maximum Gasteiger partial charge on any atom is 0.268 e. The van der Waals surface area contributed by atoms with Crippen LogP contribution in [0.1, 0.15) is 51.5 Å². The Kier molecular flexibility index (Phi) is 8.09. The molecule has 1 heterocycles. The van der Waals surface area contributed by atoms with Crippen LogP contribution < -0.4 is 10.2 Å². The molecule has 2 aromatic rings. The SMILES string of the molecule is CCNc1ccc(C#N)cc1N=C1S/C(=C(\C)N(C)c2ccccc2S)C(=O)N1C1CCCCC1.